The van der Waals surface area contributed by atoms with Crippen molar-refractivity contribution in [2.24, 2.45) is 0 Å². The molecule has 0 saturated carbocycles. The Morgan fingerprint density at radius 3 is 2.68 bits per heavy atom. The highest BCUT2D eigenvalue weighted by atomic mass is 32.1. The Hall–Kier alpha value is -2.85. The molecular formula is C21H22F3N5OS. The minimum atomic E-state index is -0.513. The van der Waals surface area contributed by atoms with Crippen LogP contribution in [0.5, 0.6) is 0 Å². The predicted molar refractivity (Wildman–Crippen MR) is 116 cm³/mol. The number of aromatic nitrogens is 1. The van der Waals surface area contributed by atoms with Gasteiger partial charge in [-0.3, -0.25) is 4.79 Å². The van der Waals surface area contributed by atoms with Gasteiger partial charge in [0.1, 0.15) is 27.2 Å². The van der Waals surface area contributed by atoms with Gasteiger partial charge in [0.25, 0.3) is 5.91 Å². The summed E-state index contributed by atoms with van der Waals surface area (Å²) >= 11 is 1.06. The molecule has 1 amide bonds. The van der Waals surface area contributed by atoms with Crippen LogP contribution in [0, 0.1) is 24.4 Å². The van der Waals surface area contributed by atoms with Crippen LogP contribution < -0.4 is 21.3 Å². The van der Waals surface area contributed by atoms with E-state index >= 15 is 0 Å². The number of thiophene rings is 1. The molecule has 1 aliphatic heterocycles. The molecule has 1 fully saturated rings. The summed E-state index contributed by atoms with van der Waals surface area (Å²) in [7, 11) is 0. The third-order valence-electron chi connectivity index (χ3n) is 5.31. The number of fused-ring (bicyclic) bond motifs is 1. The monoisotopic (exact) mass is 449 g/mol. The van der Waals surface area contributed by atoms with Crippen molar-refractivity contribution in [1.82, 2.24) is 15.6 Å². The van der Waals surface area contributed by atoms with Crippen LogP contribution in [0.4, 0.5) is 24.5 Å². The zero-order valence-electron chi connectivity index (χ0n) is 16.9. The normalized spacial score (nSPS) is 14.3. The molecule has 4 rings (SSSR count). The lowest BCUT2D eigenvalue weighted by Crippen LogP contribution is -2.44. The van der Waals surface area contributed by atoms with E-state index in [1.807, 2.05) is 4.90 Å². The number of hydrogen-bond acceptors (Lipinski definition) is 6. The summed E-state index contributed by atoms with van der Waals surface area (Å²) in [5.41, 5.74) is 6.81. The standard InChI is InChI=1S/C21H22F3N5OS/c1-11-14(22)9-13-18(25)19(31-21(13)28-11)20(30)27-3-2-12-8-16(24)17(10-15(12)23)29-6-4-26-5-7-29/h8-10,26H,2-7,25H2,1H3,(H,27,30). The number of rotatable bonds is 5. The molecule has 0 unspecified atom stereocenters. The number of carbonyl (C=O) groups is 1. The quantitative estimate of drug-likeness (QED) is 0.558. The second kappa shape index (κ2) is 8.72. The van der Waals surface area contributed by atoms with Crippen molar-refractivity contribution in [3.63, 3.8) is 0 Å². The van der Waals surface area contributed by atoms with Gasteiger partial charge in [0.2, 0.25) is 0 Å². The first kappa shape index (κ1) is 21.4. The number of hydrogen-bond donors (Lipinski definition) is 3. The smallest absolute Gasteiger partial charge is 0.263 e. The van der Waals surface area contributed by atoms with Gasteiger partial charge in [-0.2, -0.15) is 0 Å². The number of aryl methyl sites for hydroxylation is 1. The largest absolute Gasteiger partial charge is 0.397 e. The van der Waals surface area contributed by atoms with Gasteiger partial charge in [-0.05, 0) is 31.0 Å². The van der Waals surface area contributed by atoms with Crippen molar-refractivity contribution in [3.8, 4) is 0 Å². The maximum absolute atomic E-state index is 14.5. The number of anilines is 2. The minimum Gasteiger partial charge on any atom is -0.397 e. The van der Waals surface area contributed by atoms with E-state index in [1.165, 1.54) is 25.1 Å². The highest BCUT2D eigenvalue weighted by Crippen LogP contribution is 2.33. The summed E-state index contributed by atoms with van der Waals surface area (Å²) in [6.07, 6.45) is 0.118. The lowest BCUT2D eigenvalue weighted by atomic mass is 10.1. The summed E-state index contributed by atoms with van der Waals surface area (Å²) in [4.78, 5) is 19.1. The average molecular weight is 450 g/mol. The number of nitrogens with one attached hydrogen (secondary N) is 2. The van der Waals surface area contributed by atoms with Crippen LogP contribution in [0.3, 0.4) is 0 Å². The van der Waals surface area contributed by atoms with E-state index in [4.69, 9.17) is 5.73 Å². The predicted octanol–water partition coefficient (Wildman–Crippen LogP) is 2.99. The second-order valence-electron chi connectivity index (χ2n) is 7.39. The van der Waals surface area contributed by atoms with Gasteiger partial charge in [0.05, 0.1) is 17.1 Å². The molecule has 10 heteroatoms. The van der Waals surface area contributed by atoms with Crippen molar-refractivity contribution in [2.75, 3.05) is 43.4 Å². The first-order valence-electron chi connectivity index (χ1n) is 9.92. The molecular weight excluding hydrogens is 427 g/mol. The summed E-state index contributed by atoms with van der Waals surface area (Å²) in [6.45, 7) is 4.29. The number of benzene rings is 1. The van der Waals surface area contributed by atoms with Crippen molar-refractivity contribution in [2.45, 2.75) is 13.3 Å². The zero-order chi connectivity index (χ0) is 22.1. The Morgan fingerprint density at radius 1 is 1.19 bits per heavy atom. The Labute approximate surface area is 181 Å². The van der Waals surface area contributed by atoms with Crippen molar-refractivity contribution >= 4 is 38.8 Å². The molecule has 3 aromatic rings. The molecule has 6 nitrogen and oxygen atoms in total. The molecule has 1 aromatic carbocycles. The van der Waals surface area contributed by atoms with Crippen LogP contribution in [0.25, 0.3) is 10.2 Å². The van der Waals surface area contributed by atoms with E-state index in [0.717, 1.165) is 24.4 Å². The number of pyridine rings is 1. The highest BCUT2D eigenvalue weighted by Gasteiger charge is 2.20. The fourth-order valence-electron chi connectivity index (χ4n) is 3.58. The average Bonchev–Trinajstić information content (AvgIpc) is 3.06. The number of halogens is 3. The zero-order valence-corrected chi connectivity index (χ0v) is 17.7. The van der Waals surface area contributed by atoms with Crippen LogP contribution in [0.15, 0.2) is 18.2 Å². The molecule has 0 spiro atoms. The van der Waals surface area contributed by atoms with Crippen molar-refractivity contribution < 1.29 is 18.0 Å². The number of piperazine rings is 1. The number of nitrogen functional groups attached to an aromatic ring is 1. The van der Waals surface area contributed by atoms with Crippen LogP contribution in [-0.2, 0) is 6.42 Å². The van der Waals surface area contributed by atoms with E-state index in [1.54, 1.807) is 0 Å². The molecule has 0 bridgehead atoms. The summed E-state index contributed by atoms with van der Waals surface area (Å²) < 4.78 is 42.8. The van der Waals surface area contributed by atoms with Crippen LogP contribution in [-0.4, -0.2) is 43.6 Å². The highest BCUT2D eigenvalue weighted by molar-refractivity contribution is 7.21. The van der Waals surface area contributed by atoms with E-state index in [2.05, 4.69) is 15.6 Å². The molecule has 164 valence electrons. The van der Waals surface area contributed by atoms with Crippen molar-refractivity contribution in [1.29, 1.82) is 0 Å². The SMILES string of the molecule is Cc1nc2sc(C(=O)NCCc3cc(F)c(N4CCNCC4)cc3F)c(N)c2cc1F. The van der Waals surface area contributed by atoms with Gasteiger partial charge < -0.3 is 21.3 Å². The molecule has 1 saturated heterocycles. The Bertz CT molecular complexity index is 1140. The molecule has 1 aliphatic rings. The third kappa shape index (κ3) is 4.31. The minimum absolute atomic E-state index is 0.0939. The maximum atomic E-state index is 14.5. The topological polar surface area (TPSA) is 83.3 Å². The number of nitrogens with zero attached hydrogens (tertiary/aromatic N) is 2. The summed E-state index contributed by atoms with van der Waals surface area (Å²) in [6, 6.07) is 3.66. The van der Waals surface area contributed by atoms with Gasteiger partial charge in [-0.15, -0.1) is 11.3 Å². The molecule has 0 atom stereocenters. The number of nitrogens with two attached hydrogens (primary N) is 1. The maximum Gasteiger partial charge on any atom is 0.263 e. The van der Waals surface area contributed by atoms with Crippen molar-refractivity contribution in [3.05, 3.63) is 51.8 Å². The number of carbonyl (C=O) groups excluding carboxylic acids is 1. The molecule has 31 heavy (non-hydrogen) atoms. The van der Waals surface area contributed by atoms with E-state index in [0.29, 0.717) is 23.3 Å². The summed E-state index contributed by atoms with van der Waals surface area (Å²) in [5, 5.41) is 6.22. The third-order valence-corrected chi connectivity index (χ3v) is 6.42. The molecule has 0 aliphatic carbocycles. The van der Waals surface area contributed by atoms with Gasteiger partial charge in [-0.25, -0.2) is 18.2 Å². The van der Waals surface area contributed by atoms with E-state index in [9.17, 15) is 18.0 Å². The first-order valence-corrected chi connectivity index (χ1v) is 10.7. The van der Waals surface area contributed by atoms with Crippen LogP contribution >= 0.6 is 11.3 Å². The second-order valence-corrected chi connectivity index (χ2v) is 8.39. The summed E-state index contributed by atoms with van der Waals surface area (Å²) in [5.74, 6) is -1.95. The molecule has 4 N–H and O–H groups in total. The van der Waals surface area contributed by atoms with E-state index < -0.39 is 23.4 Å². The molecule has 0 radical (unpaired) electrons. The lowest BCUT2D eigenvalue weighted by molar-refractivity contribution is 0.0959. The van der Waals surface area contributed by atoms with Crippen LogP contribution in [0.1, 0.15) is 20.9 Å². The molecule has 3 heterocycles. The fourth-order valence-corrected chi connectivity index (χ4v) is 4.62. The Kier molecular flexibility index (Phi) is 6.01. The first-order chi connectivity index (χ1) is 14.8. The Balaban J connectivity index is 1.43. The van der Waals surface area contributed by atoms with Crippen LogP contribution in [0.2, 0.25) is 0 Å². The fraction of sp³-hybridized carbons (Fsp3) is 0.333. The molecule has 2 aromatic heterocycles. The van der Waals surface area contributed by atoms with E-state index in [-0.39, 0.29) is 40.5 Å². The Morgan fingerprint density at radius 2 is 1.94 bits per heavy atom. The number of amides is 1. The van der Waals surface area contributed by atoms with Gasteiger partial charge >= 0.3 is 0 Å². The van der Waals surface area contributed by atoms with Gasteiger partial charge in [0.15, 0.2) is 0 Å². The van der Waals surface area contributed by atoms with Gasteiger partial charge in [0, 0.05) is 44.2 Å². The lowest BCUT2D eigenvalue weighted by Gasteiger charge is -2.30. The van der Waals surface area contributed by atoms with Gasteiger partial charge in [-0.1, -0.05) is 0 Å².